The molecule has 50 valence electrons. The highest BCUT2D eigenvalue weighted by Crippen LogP contribution is 1.99. The first-order valence-electron chi connectivity index (χ1n) is 2.93. The van der Waals surface area contributed by atoms with Gasteiger partial charge in [0.05, 0.1) is 0 Å². The van der Waals surface area contributed by atoms with Crippen molar-refractivity contribution in [2.45, 2.75) is 13.0 Å². The molecule has 0 spiro atoms. The van der Waals surface area contributed by atoms with Crippen LogP contribution in [0.1, 0.15) is 6.92 Å². The first-order valence-corrected chi connectivity index (χ1v) is 2.93. The van der Waals surface area contributed by atoms with Crippen molar-refractivity contribution in [1.82, 2.24) is 0 Å². The summed E-state index contributed by atoms with van der Waals surface area (Å²) in [5, 5.41) is 0. The van der Waals surface area contributed by atoms with E-state index >= 15 is 0 Å². The number of rotatable bonds is 3. The van der Waals surface area contributed by atoms with Crippen LogP contribution < -0.4 is 5.73 Å². The van der Waals surface area contributed by atoms with Gasteiger partial charge in [0.15, 0.2) is 0 Å². The van der Waals surface area contributed by atoms with Gasteiger partial charge in [-0.2, -0.15) is 0 Å². The number of allylic oxidation sites excluding steroid dienone is 2. The van der Waals surface area contributed by atoms with Gasteiger partial charge >= 0.3 is 0 Å². The van der Waals surface area contributed by atoms with Gasteiger partial charge in [0, 0.05) is 6.04 Å². The van der Waals surface area contributed by atoms with Crippen LogP contribution in [0.25, 0.3) is 0 Å². The second-order valence-electron chi connectivity index (χ2n) is 1.90. The van der Waals surface area contributed by atoms with Gasteiger partial charge in [0.1, 0.15) is 0 Å². The second-order valence-corrected chi connectivity index (χ2v) is 1.90. The summed E-state index contributed by atoms with van der Waals surface area (Å²) < 4.78 is 0. The minimum Gasteiger partial charge on any atom is -0.324 e. The molecule has 0 aromatic carbocycles. The molecule has 0 rings (SSSR count). The van der Waals surface area contributed by atoms with Crippen LogP contribution in [0, 0.1) is 0 Å². The molecule has 0 aliphatic carbocycles. The molecule has 1 atom stereocenters. The summed E-state index contributed by atoms with van der Waals surface area (Å²) >= 11 is 0. The molecule has 2 N–H and O–H groups in total. The van der Waals surface area contributed by atoms with E-state index in [4.69, 9.17) is 5.73 Å². The fraction of sp³-hybridized carbons (Fsp3) is 0.250. The maximum absolute atomic E-state index is 5.55. The summed E-state index contributed by atoms with van der Waals surface area (Å²) in [4.78, 5) is 0. The molecule has 0 radical (unpaired) electrons. The van der Waals surface area contributed by atoms with Crippen molar-refractivity contribution in [3.05, 3.63) is 37.0 Å². The van der Waals surface area contributed by atoms with Gasteiger partial charge in [-0.15, -0.1) is 0 Å². The predicted octanol–water partition coefficient (Wildman–Crippen LogP) is 1.63. The maximum atomic E-state index is 5.55. The van der Waals surface area contributed by atoms with Crippen molar-refractivity contribution >= 4 is 0 Å². The van der Waals surface area contributed by atoms with Crippen molar-refractivity contribution in [1.29, 1.82) is 0 Å². The molecule has 0 saturated carbocycles. The Kier molecular flexibility index (Phi) is 3.72. The molecule has 0 aromatic rings. The number of hydrogen-bond acceptors (Lipinski definition) is 1. The van der Waals surface area contributed by atoms with E-state index in [2.05, 4.69) is 13.2 Å². The summed E-state index contributed by atoms with van der Waals surface area (Å²) in [5.74, 6) is 0. The summed E-state index contributed by atoms with van der Waals surface area (Å²) in [5.41, 5.74) is 6.56. The van der Waals surface area contributed by atoms with E-state index in [-0.39, 0.29) is 6.04 Å². The lowest BCUT2D eigenvalue weighted by atomic mass is 10.1. The molecule has 0 saturated heterocycles. The zero-order valence-electron chi connectivity index (χ0n) is 5.80. The van der Waals surface area contributed by atoms with E-state index in [1.807, 2.05) is 13.0 Å². The van der Waals surface area contributed by atoms with Gasteiger partial charge in [-0.1, -0.05) is 31.4 Å². The van der Waals surface area contributed by atoms with E-state index in [9.17, 15) is 0 Å². The summed E-state index contributed by atoms with van der Waals surface area (Å²) in [6.07, 6.45) is 5.31. The largest absolute Gasteiger partial charge is 0.324 e. The third kappa shape index (κ3) is 2.88. The van der Waals surface area contributed by atoms with Crippen LogP contribution in [0.2, 0.25) is 0 Å². The Labute approximate surface area is 56.6 Å². The molecule has 0 bridgehead atoms. The lowest BCUT2D eigenvalue weighted by Gasteiger charge is -2.02. The Morgan fingerprint density at radius 2 is 2.11 bits per heavy atom. The summed E-state index contributed by atoms with van der Waals surface area (Å²) in [6, 6.07) is 0.0560. The molecule has 0 aliphatic heterocycles. The SMILES string of the molecule is C=C/C=C(\C=C)[C@@H](C)N. The van der Waals surface area contributed by atoms with Crippen molar-refractivity contribution < 1.29 is 0 Å². The normalized spacial score (nSPS) is 14.7. The van der Waals surface area contributed by atoms with Crippen LogP contribution >= 0.6 is 0 Å². The van der Waals surface area contributed by atoms with Crippen LogP contribution in [0.3, 0.4) is 0 Å². The molecule has 0 heterocycles. The van der Waals surface area contributed by atoms with Crippen molar-refractivity contribution in [2.75, 3.05) is 0 Å². The predicted molar refractivity (Wildman–Crippen MR) is 42.1 cm³/mol. The Morgan fingerprint density at radius 3 is 2.22 bits per heavy atom. The molecule has 9 heavy (non-hydrogen) atoms. The van der Waals surface area contributed by atoms with Crippen LogP contribution in [-0.4, -0.2) is 6.04 Å². The number of hydrogen-bond donors (Lipinski definition) is 1. The smallest absolute Gasteiger partial charge is 0.0265 e. The van der Waals surface area contributed by atoms with Crippen molar-refractivity contribution in [3.63, 3.8) is 0 Å². The fourth-order valence-electron chi connectivity index (χ4n) is 0.542. The van der Waals surface area contributed by atoms with E-state index in [0.717, 1.165) is 5.57 Å². The Hall–Kier alpha value is -0.820. The molecular weight excluding hydrogens is 110 g/mol. The highest BCUT2D eigenvalue weighted by molar-refractivity contribution is 5.25. The van der Waals surface area contributed by atoms with Gasteiger partial charge < -0.3 is 5.73 Å². The monoisotopic (exact) mass is 123 g/mol. The highest BCUT2D eigenvalue weighted by Gasteiger charge is 1.94. The summed E-state index contributed by atoms with van der Waals surface area (Å²) in [6.45, 7) is 9.07. The molecule has 0 fully saturated rings. The van der Waals surface area contributed by atoms with Gasteiger partial charge in [-0.25, -0.2) is 0 Å². The van der Waals surface area contributed by atoms with E-state index in [1.54, 1.807) is 12.2 Å². The molecule has 0 amide bonds. The first kappa shape index (κ1) is 8.18. The Morgan fingerprint density at radius 1 is 1.56 bits per heavy atom. The molecule has 0 aromatic heterocycles. The minimum absolute atomic E-state index is 0.0560. The lowest BCUT2D eigenvalue weighted by Crippen LogP contribution is -2.16. The van der Waals surface area contributed by atoms with Gasteiger partial charge in [0.2, 0.25) is 0 Å². The van der Waals surface area contributed by atoms with Gasteiger partial charge in [-0.05, 0) is 12.5 Å². The molecule has 0 aliphatic rings. The van der Waals surface area contributed by atoms with Crippen LogP contribution in [0.4, 0.5) is 0 Å². The third-order valence-electron chi connectivity index (χ3n) is 1.07. The lowest BCUT2D eigenvalue weighted by molar-refractivity contribution is 0.886. The Bertz CT molecular complexity index is 132. The van der Waals surface area contributed by atoms with Crippen LogP contribution in [0.15, 0.2) is 37.0 Å². The molecule has 1 nitrogen and oxygen atoms in total. The fourth-order valence-corrected chi connectivity index (χ4v) is 0.542. The number of nitrogens with two attached hydrogens (primary N) is 1. The maximum Gasteiger partial charge on any atom is 0.0265 e. The average molecular weight is 123 g/mol. The van der Waals surface area contributed by atoms with Crippen LogP contribution in [-0.2, 0) is 0 Å². The first-order chi connectivity index (χ1) is 4.22. The highest BCUT2D eigenvalue weighted by atomic mass is 14.6. The van der Waals surface area contributed by atoms with Crippen molar-refractivity contribution in [2.24, 2.45) is 5.73 Å². The van der Waals surface area contributed by atoms with Gasteiger partial charge in [-0.3, -0.25) is 0 Å². The zero-order valence-corrected chi connectivity index (χ0v) is 5.80. The van der Waals surface area contributed by atoms with Crippen LogP contribution in [0.5, 0.6) is 0 Å². The Balaban J connectivity index is 4.13. The molecule has 0 unspecified atom stereocenters. The van der Waals surface area contributed by atoms with E-state index in [1.165, 1.54) is 0 Å². The third-order valence-corrected chi connectivity index (χ3v) is 1.07. The van der Waals surface area contributed by atoms with E-state index in [0.29, 0.717) is 0 Å². The van der Waals surface area contributed by atoms with Gasteiger partial charge in [0.25, 0.3) is 0 Å². The second kappa shape index (κ2) is 4.10. The quantitative estimate of drug-likeness (QED) is 0.567. The average Bonchev–Trinajstić information content (AvgIpc) is 1.82. The molecular formula is C8H13N. The topological polar surface area (TPSA) is 26.0 Å². The molecule has 1 heteroatoms. The zero-order chi connectivity index (χ0) is 7.28. The summed E-state index contributed by atoms with van der Waals surface area (Å²) in [7, 11) is 0. The standard InChI is InChI=1S/C8H13N/c1-4-6-8(5-2)7(3)9/h4-7H,1-2,9H2,3H3/b8-6+/t7-/m1/s1. The minimum atomic E-state index is 0.0560. The van der Waals surface area contributed by atoms with Crippen molar-refractivity contribution in [3.8, 4) is 0 Å². The van der Waals surface area contributed by atoms with E-state index < -0.39 is 0 Å².